The molecule has 0 aromatic carbocycles. The van der Waals surface area contributed by atoms with Gasteiger partial charge in [0, 0.05) is 37.0 Å². The molecule has 1 aromatic rings. The number of rotatable bonds is 3. The van der Waals surface area contributed by atoms with Crippen LogP contribution in [0, 0.1) is 11.8 Å². The third-order valence-corrected chi connectivity index (χ3v) is 4.17. The third kappa shape index (κ3) is 3.28. The lowest BCUT2D eigenvalue weighted by Gasteiger charge is -2.32. The minimum absolute atomic E-state index is 0.130. The predicted octanol–water partition coefficient (Wildman–Crippen LogP) is 2.58. The molecule has 1 amide bonds. The van der Waals surface area contributed by atoms with Crippen molar-refractivity contribution in [3.8, 4) is 0 Å². The number of thiazole rings is 1. The number of hydrogen-bond acceptors (Lipinski definition) is 3. The summed E-state index contributed by atoms with van der Waals surface area (Å²) in [6.45, 7) is 5.80. The summed E-state index contributed by atoms with van der Waals surface area (Å²) in [6, 6.07) is 0. The van der Waals surface area contributed by atoms with E-state index in [9.17, 15) is 4.79 Å². The van der Waals surface area contributed by atoms with Crippen LogP contribution in [-0.2, 0) is 11.2 Å². The van der Waals surface area contributed by atoms with E-state index in [0.29, 0.717) is 11.8 Å². The first-order valence-electron chi connectivity index (χ1n) is 6.34. The van der Waals surface area contributed by atoms with Gasteiger partial charge in [-0.2, -0.15) is 0 Å². The summed E-state index contributed by atoms with van der Waals surface area (Å²) in [4.78, 5) is 18.2. The van der Waals surface area contributed by atoms with E-state index in [2.05, 4.69) is 4.98 Å². The first kappa shape index (κ1) is 12.6. The summed E-state index contributed by atoms with van der Waals surface area (Å²) in [5.74, 6) is 1.14. The number of carbonyl (C=O) groups is 1. The summed E-state index contributed by atoms with van der Waals surface area (Å²) in [5.41, 5.74) is 0. The molecule has 0 spiro atoms. The molecule has 0 N–H and O–H groups in total. The normalized spacial score (nSPS) is 17.7. The monoisotopic (exact) mass is 252 g/mol. The number of nitrogens with zero attached hydrogens (tertiary/aromatic N) is 2. The van der Waals surface area contributed by atoms with Crippen molar-refractivity contribution in [3.05, 3.63) is 16.6 Å². The van der Waals surface area contributed by atoms with Gasteiger partial charge in [0.25, 0.3) is 0 Å². The first-order chi connectivity index (χ1) is 8.16. The van der Waals surface area contributed by atoms with E-state index < -0.39 is 0 Å². The molecular formula is C13H20N2OS. The van der Waals surface area contributed by atoms with Gasteiger partial charge in [-0.25, -0.2) is 4.98 Å². The van der Waals surface area contributed by atoms with Crippen LogP contribution in [0.15, 0.2) is 11.6 Å². The largest absolute Gasteiger partial charge is 0.342 e. The zero-order valence-electron chi connectivity index (χ0n) is 10.6. The van der Waals surface area contributed by atoms with Crippen LogP contribution in [0.5, 0.6) is 0 Å². The molecule has 2 rings (SSSR count). The maximum absolute atomic E-state index is 11.8. The smallest absolute Gasteiger partial charge is 0.225 e. The van der Waals surface area contributed by atoms with Crippen molar-refractivity contribution in [1.29, 1.82) is 0 Å². The standard InChI is InChI=1S/C13H20N2OS/c1-10(2)13(16)15-6-3-11(4-7-15)9-12-14-5-8-17-12/h5,8,10-11H,3-4,6-7,9H2,1-2H3. The molecule has 0 saturated carbocycles. The maximum Gasteiger partial charge on any atom is 0.225 e. The zero-order valence-corrected chi connectivity index (χ0v) is 11.4. The maximum atomic E-state index is 11.8. The van der Waals surface area contributed by atoms with Gasteiger partial charge in [-0.3, -0.25) is 4.79 Å². The fourth-order valence-corrected chi connectivity index (χ4v) is 3.06. The van der Waals surface area contributed by atoms with E-state index in [1.807, 2.05) is 30.3 Å². The average molecular weight is 252 g/mol. The van der Waals surface area contributed by atoms with Crippen LogP contribution < -0.4 is 0 Å². The van der Waals surface area contributed by atoms with E-state index in [0.717, 1.165) is 32.4 Å². The van der Waals surface area contributed by atoms with Crippen molar-refractivity contribution in [2.45, 2.75) is 33.1 Å². The van der Waals surface area contributed by atoms with Crippen molar-refractivity contribution < 1.29 is 4.79 Å². The van der Waals surface area contributed by atoms with E-state index in [-0.39, 0.29) is 5.92 Å². The molecule has 94 valence electrons. The molecule has 1 aromatic heterocycles. The van der Waals surface area contributed by atoms with Gasteiger partial charge in [-0.15, -0.1) is 11.3 Å². The van der Waals surface area contributed by atoms with Crippen molar-refractivity contribution in [2.24, 2.45) is 11.8 Å². The molecule has 1 aliphatic heterocycles. The SMILES string of the molecule is CC(C)C(=O)N1CCC(Cc2nccs2)CC1. The van der Waals surface area contributed by atoms with Crippen LogP contribution in [0.1, 0.15) is 31.7 Å². The van der Waals surface area contributed by atoms with E-state index in [4.69, 9.17) is 0 Å². The number of piperidine rings is 1. The van der Waals surface area contributed by atoms with Crippen molar-refractivity contribution in [3.63, 3.8) is 0 Å². The molecule has 17 heavy (non-hydrogen) atoms. The Bertz CT molecular complexity index is 354. The Balaban J connectivity index is 1.80. The number of likely N-dealkylation sites (tertiary alicyclic amines) is 1. The molecule has 1 fully saturated rings. The van der Waals surface area contributed by atoms with Crippen LogP contribution in [0.3, 0.4) is 0 Å². The average Bonchev–Trinajstić information content (AvgIpc) is 2.82. The first-order valence-corrected chi connectivity index (χ1v) is 7.22. The van der Waals surface area contributed by atoms with Crippen LogP contribution >= 0.6 is 11.3 Å². The highest BCUT2D eigenvalue weighted by Gasteiger charge is 2.24. The van der Waals surface area contributed by atoms with E-state index in [1.54, 1.807) is 11.3 Å². The Morgan fingerprint density at radius 1 is 1.53 bits per heavy atom. The van der Waals surface area contributed by atoms with Crippen LogP contribution in [-0.4, -0.2) is 28.9 Å². The third-order valence-electron chi connectivity index (χ3n) is 3.37. The van der Waals surface area contributed by atoms with Gasteiger partial charge in [0.15, 0.2) is 0 Å². The Morgan fingerprint density at radius 3 is 2.76 bits per heavy atom. The molecule has 2 heterocycles. The molecule has 3 nitrogen and oxygen atoms in total. The van der Waals surface area contributed by atoms with Gasteiger partial charge in [0.1, 0.15) is 0 Å². The fourth-order valence-electron chi connectivity index (χ4n) is 2.32. The minimum Gasteiger partial charge on any atom is -0.342 e. The molecule has 1 aliphatic rings. The molecule has 0 bridgehead atoms. The second kappa shape index (κ2) is 5.63. The van der Waals surface area contributed by atoms with Crippen LogP contribution in [0.2, 0.25) is 0 Å². The second-order valence-electron chi connectivity index (χ2n) is 5.05. The molecule has 1 saturated heterocycles. The quantitative estimate of drug-likeness (QED) is 0.828. The molecule has 0 unspecified atom stereocenters. The highest BCUT2D eigenvalue weighted by molar-refractivity contribution is 7.09. The van der Waals surface area contributed by atoms with Gasteiger partial charge in [-0.1, -0.05) is 13.8 Å². The van der Waals surface area contributed by atoms with Crippen molar-refractivity contribution in [1.82, 2.24) is 9.88 Å². The van der Waals surface area contributed by atoms with Crippen molar-refractivity contribution >= 4 is 17.2 Å². The van der Waals surface area contributed by atoms with Gasteiger partial charge >= 0.3 is 0 Å². The molecule has 4 heteroatoms. The lowest BCUT2D eigenvalue weighted by atomic mass is 9.93. The summed E-state index contributed by atoms with van der Waals surface area (Å²) < 4.78 is 0. The van der Waals surface area contributed by atoms with Gasteiger partial charge in [0.05, 0.1) is 5.01 Å². The van der Waals surface area contributed by atoms with Gasteiger partial charge < -0.3 is 4.90 Å². The van der Waals surface area contributed by atoms with E-state index in [1.165, 1.54) is 5.01 Å². The van der Waals surface area contributed by atoms with E-state index >= 15 is 0 Å². The second-order valence-corrected chi connectivity index (χ2v) is 6.03. The highest BCUT2D eigenvalue weighted by Crippen LogP contribution is 2.23. The summed E-state index contributed by atoms with van der Waals surface area (Å²) in [5, 5.41) is 3.27. The Labute approximate surface area is 107 Å². The Hall–Kier alpha value is -0.900. The zero-order chi connectivity index (χ0) is 12.3. The van der Waals surface area contributed by atoms with Crippen LogP contribution in [0.4, 0.5) is 0 Å². The summed E-state index contributed by atoms with van der Waals surface area (Å²) >= 11 is 1.74. The van der Waals surface area contributed by atoms with Crippen LogP contribution in [0.25, 0.3) is 0 Å². The predicted molar refractivity (Wildman–Crippen MR) is 70.0 cm³/mol. The summed E-state index contributed by atoms with van der Waals surface area (Å²) in [6.07, 6.45) is 5.20. The Morgan fingerprint density at radius 2 is 2.24 bits per heavy atom. The molecule has 0 radical (unpaired) electrons. The highest BCUT2D eigenvalue weighted by atomic mass is 32.1. The lowest BCUT2D eigenvalue weighted by molar-refractivity contribution is -0.135. The topological polar surface area (TPSA) is 33.2 Å². The summed E-state index contributed by atoms with van der Waals surface area (Å²) in [7, 11) is 0. The number of aromatic nitrogens is 1. The minimum atomic E-state index is 0.130. The molecule has 0 atom stereocenters. The molecule has 0 aliphatic carbocycles. The fraction of sp³-hybridized carbons (Fsp3) is 0.692. The lowest BCUT2D eigenvalue weighted by Crippen LogP contribution is -2.40. The van der Waals surface area contributed by atoms with Gasteiger partial charge in [0.2, 0.25) is 5.91 Å². The number of carbonyl (C=O) groups excluding carboxylic acids is 1. The number of amides is 1. The number of hydrogen-bond donors (Lipinski definition) is 0. The molecular weight excluding hydrogens is 232 g/mol. The van der Waals surface area contributed by atoms with Gasteiger partial charge in [-0.05, 0) is 18.8 Å². The Kier molecular flexibility index (Phi) is 4.15. The van der Waals surface area contributed by atoms with Crippen molar-refractivity contribution in [2.75, 3.05) is 13.1 Å².